The van der Waals surface area contributed by atoms with Gasteiger partial charge in [0.2, 0.25) is 0 Å². The minimum Gasteiger partial charge on any atom is -0.480 e. The van der Waals surface area contributed by atoms with Crippen LogP contribution in [0.15, 0.2) is 77.0 Å². The average Bonchev–Trinajstić information content (AvgIpc) is 3.36. The monoisotopic (exact) mass is 770 g/mol. The van der Waals surface area contributed by atoms with Crippen molar-refractivity contribution >= 4 is 23.4 Å². The molecule has 2 aromatic rings. The molecule has 4 atom stereocenters. The molecule has 4 rings (SSSR count). The first-order chi connectivity index (χ1) is 25.3. The molecule has 15 nitrogen and oxygen atoms in total. The fraction of sp³-hybridized carbons (Fsp3) is 0.500. The molecule has 0 amide bonds. The molecule has 0 radical (unpaired) electrons. The van der Waals surface area contributed by atoms with E-state index in [2.05, 4.69) is 9.99 Å². The van der Waals surface area contributed by atoms with Crippen molar-refractivity contribution in [3.05, 3.63) is 94.1 Å². The second-order valence-corrected chi connectivity index (χ2v) is 16.2. The molecule has 0 bridgehead atoms. The molecule has 2 unspecified atom stereocenters. The van der Waals surface area contributed by atoms with Crippen LogP contribution in [0.1, 0.15) is 96.3 Å². The van der Waals surface area contributed by atoms with E-state index < -0.39 is 29.6 Å². The van der Waals surface area contributed by atoms with Crippen LogP contribution in [0.2, 0.25) is 0 Å². The first kappa shape index (κ1) is 46.8. The summed E-state index contributed by atoms with van der Waals surface area (Å²) in [6.07, 6.45) is 4.61. The van der Waals surface area contributed by atoms with Crippen molar-refractivity contribution < 1.29 is 54.8 Å². The zero-order valence-electron chi connectivity index (χ0n) is 33.8. The molecular weight excluding hydrogens is 708 g/mol. The van der Waals surface area contributed by atoms with E-state index in [1.54, 1.807) is 24.3 Å². The van der Waals surface area contributed by atoms with Crippen LogP contribution >= 0.6 is 0 Å². The van der Waals surface area contributed by atoms with Crippen molar-refractivity contribution in [1.29, 1.82) is 0 Å². The summed E-state index contributed by atoms with van der Waals surface area (Å²) in [6, 6.07) is 12.4. The number of Topliss-reactive ketones (excluding diaryl/α,β-unsaturated/α-hetero) is 1. The lowest BCUT2D eigenvalue weighted by molar-refractivity contribution is -1.14. The number of carbonyl (C=O) groups is 3. The number of hydroxylamine groups is 4. The summed E-state index contributed by atoms with van der Waals surface area (Å²) in [5.41, 5.74) is 15.5. The number of benzene rings is 2. The molecule has 0 aliphatic carbocycles. The van der Waals surface area contributed by atoms with E-state index >= 15 is 0 Å². The average molecular weight is 771 g/mol. The number of hydrogen-bond acceptors (Lipinski definition) is 11. The first-order valence-electron chi connectivity index (χ1n) is 18.0. The van der Waals surface area contributed by atoms with Crippen LogP contribution in [0.4, 0.5) is 0 Å². The Bertz CT molecular complexity index is 1730. The van der Waals surface area contributed by atoms with Crippen LogP contribution < -0.4 is 27.5 Å². The fourth-order valence-corrected chi connectivity index (χ4v) is 6.51. The van der Waals surface area contributed by atoms with Gasteiger partial charge in [-0.15, -0.1) is 0 Å². The molecule has 0 aromatic heterocycles. The summed E-state index contributed by atoms with van der Waals surface area (Å²) in [7, 11) is 0. The predicted octanol–water partition coefficient (Wildman–Crippen LogP) is 1.64. The molecular formula is C40H62N6O9+2. The quantitative estimate of drug-likeness (QED) is 0.0611. The number of nitrogens with two attached hydrogens (primary N) is 3. The standard InChI is InChI=1S/C20H29N3O4.C11H13NO3.C9H18N2O2/c1-13(15-8-6-14(7-9-15)10-17(21)18(24)25)22-27-12-16-11-19(2,3)23(26)20(16,4)5;1-7(13)9-4-2-8(3-5-9)6-10(12)11(14)15;1-8(2)5-7(6-13-10)9(3,4)11(8)12/h6-9,11,17,26H,10,12,21H2,1-5H3,(H,24,25);2-5,10H,6,12H2,1H3,(H,14,15);5,12H,6,10H2,1-4H3/p+2/b22-13+;;/t17-;10-;/m00./s1. The third-order valence-corrected chi connectivity index (χ3v) is 10.0. The molecule has 2 aliphatic heterocycles. The summed E-state index contributed by atoms with van der Waals surface area (Å²) >= 11 is 0. The van der Waals surface area contributed by atoms with Crippen LogP contribution in [0.3, 0.4) is 0 Å². The highest BCUT2D eigenvalue weighted by atomic mass is 16.6. The largest absolute Gasteiger partial charge is 0.480 e. The van der Waals surface area contributed by atoms with E-state index in [9.17, 15) is 24.8 Å². The summed E-state index contributed by atoms with van der Waals surface area (Å²) in [6.45, 7) is 19.8. The Morgan fingerprint density at radius 2 is 1.04 bits per heavy atom. The van der Waals surface area contributed by atoms with Crippen molar-refractivity contribution in [1.82, 2.24) is 0 Å². The van der Waals surface area contributed by atoms with Gasteiger partial charge in [-0.25, -0.2) is 16.3 Å². The van der Waals surface area contributed by atoms with Gasteiger partial charge in [0, 0.05) is 16.7 Å². The summed E-state index contributed by atoms with van der Waals surface area (Å²) in [5.74, 6) is 2.99. The van der Waals surface area contributed by atoms with Gasteiger partial charge in [0.25, 0.3) is 0 Å². The predicted molar refractivity (Wildman–Crippen MR) is 208 cm³/mol. The van der Waals surface area contributed by atoms with Gasteiger partial charge in [-0.05, 0) is 111 Å². The first-order valence-corrected chi connectivity index (χ1v) is 18.0. The Hall–Kier alpha value is -4.32. The number of aliphatic carboxylic acids is 2. The number of oxime groups is 1. The van der Waals surface area contributed by atoms with Gasteiger partial charge in [0.15, 0.2) is 5.78 Å². The summed E-state index contributed by atoms with van der Waals surface area (Å²) in [4.78, 5) is 42.4. The lowest BCUT2D eigenvalue weighted by Crippen LogP contribution is -3.22. The number of carboxylic acids is 2. The lowest BCUT2D eigenvalue weighted by atomic mass is 9.97. The van der Waals surface area contributed by atoms with Gasteiger partial charge >= 0.3 is 11.9 Å². The van der Waals surface area contributed by atoms with Crippen LogP contribution in [0, 0.1) is 0 Å². The summed E-state index contributed by atoms with van der Waals surface area (Å²) in [5, 5.41) is 42.9. The third kappa shape index (κ3) is 12.6. The zero-order valence-corrected chi connectivity index (χ0v) is 33.8. The number of nitrogens with one attached hydrogen (secondary N) is 2. The second-order valence-electron chi connectivity index (χ2n) is 16.2. The van der Waals surface area contributed by atoms with E-state index in [0.29, 0.717) is 34.6 Å². The van der Waals surface area contributed by atoms with E-state index in [1.165, 1.54) is 6.92 Å². The molecule has 0 saturated carbocycles. The topological polar surface area (TPSA) is 250 Å². The van der Waals surface area contributed by atoms with E-state index in [-0.39, 0.29) is 35.2 Å². The van der Waals surface area contributed by atoms with Gasteiger partial charge in [0.05, 0.1) is 12.3 Å². The van der Waals surface area contributed by atoms with Gasteiger partial charge in [-0.3, -0.25) is 19.2 Å². The number of carboxylic acid groups (broad SMARTS) is 2. The highest BCUT2D eigenvalue weighted by Crippen LogP contribution is 2.25. The van der Waals surface area contributed by atoms with E-state index in [1.807, 2.05) is 98.7 Å². The summed E-state index contributed by atoms with van der Waals surface area (Å²) < 4.78 is 0. The molecule has 2 aromatic carbocycles. The van der Waals surface area contributed by atoms with Gasteiger partial charge in [-0.2, -0.15) is 10.1 Å². The maximum absolute atomic E-state index is 11.0. The van der Waals surface area contributed by atoms with Gasteiger partial charge < -0.3 is 26.5 Å². The van der Waals surface area contributed by atoms with Crippen molar-refractivity contribution in [2.75, 3.05) is 13.2 Å². The van der Waals surface area contributed by atoms with Crippen LogP contribution in [0.25, 0.3) is 0 Å². The van der Waals surface area contributed by atoms with Crippen LogP contribution in [-0.4, -0.2) is 91.5 Å². The van der Waals surface area contributed by atoms with E-state index in [4.69, 9.17) is 32.4 Å². The second kappa shape index (κ2) is 19.0. The van der Waals surface area contributed by atoms with Gasteiger partial charge in [0.1, 0.15) is 40.8 Å². The molecule has 0 spiro atoms. The van der Waals surface area contributed by atoms with Crippen LogP contribution in [-0.2, 0) is 32.1 Å². The Kier molecular flexibility index (Phi) is 16.2. The zero-order chi connectivity index (χ0) is 42.1. The number of ketones is 1. The number of hydrogen-bond donors (Lipinski definition) is 9. The van der Waals surface area contributed by atoms with Crippen LogP contribution in [0.5, 0.6) is 0 Å². The maximum atomic E-state index is 11.0. The molecule has 12 N–H and O–H groups in total. The lowest BCUT2D eigenvalue weighted by Gasteiger charge is -2.31. The maximum Gasteiger partial charge on any atom is 0.320 e. The number of carbonyl (C=O) groups excluding carboxylic acids is 1. The molecule has 55 heavy (non-hydrogen) atoms. The normalized spacial score (nSPS) is 21.4. The smallest absolute Gasteiger partial charge is 0.320 e. The highest BCUT2D eigenvalue weighted by Gasteiger charge is 2.51. The highest BCUT2D eigenvalue weighted by molar-refractivity contribution is 5.98. The third-order valence-electron chi connectivity index (χ3n) is 10.0. The minimum atomic E-state index is -1.02. The Labute approximate surface area is 323 Å². The molecule has 0 fully saturated rings. The Morgan fingerprint density at radius 1 is 0.673 bits per heavy atom. The molecule has 2 aliphatic rings. The number of rotatable bonds is 13. The molecule has 0 saturated heterocycles. The van der Waals surface area contributed by atoms with E-state index in [0.717, 1.165) is 27.8 Å². The molecule has 15 heteroatoms. The molecule has 2 heterocycles. The molecule has 304 valence electrons. The number of nitrogens with zero attached hydrogens (tertiary/aromatic N) is 1. The minimum absolute atomic E-state index is 0.0101. The van der Waals surface area contributed by atoms with Crippen molar-refractivity contribution in [3.63, 3.8) is 0 Å². The Balaban J connectivity index is 0.000000314. The fourth-order valence-electron chi connectivity index (χ4n) is 6.51. The number of quaternary nitrogens is 2. The van der Waals surface area contributed by atoms with Crippen molar-refractivity contribution in [2.45, 2.75) is 116 Å². The van der Waals surface area contributed by atoms with Gasteiger partial charge in [-0.1, -0.05) is 53.7 Å². The van der Waals surface area contributed by atoms with Crippen molar-refractivity contribution in [3.8, 4) is 0 Å². The Morgan fingerprint density at radius 3 is 1.35 bits per heavy atom. The van der Waals surface area contributed by atoms with Crippen molar-refractivity contribution in [2.24, 2.45) is 22.5 Å². The SMILES string of the molecule is C/C(=N\OCC1=CC(C)(C)[NH+](O)C1(C)C)c1ccc(C[C@H](N)C(=O)O)cc1.CC(=O)c1ccc(C[C@H](N)C(=O)O)cc1.CC1(C)C=C(CON)C(C)(C)[NH+]1O.